The van der Waals surface area contributed by atoms with E-state index >= 15 is 0 Å². The number of halogens is 1. The number of rotatable bonds is 10. The van der Waals surface area contributed by atoms with Crippen molar-refractivity contribution in [2.24, 2.45) is 0 Å². The molecule has 0 spiro atoms. The van der Waals surface area contributed by atoms with Crippen LogP contribution in [0, 0.1) is 0 Å². The van der Waals surface area contributed by atoms with Gasteiger partial charge in [0, 0.05) is 12.6 Å². The van der Waals surface area contributed by atoms with Gasteiger partial charge in [0.15, 0.2) is 11.0 Å². The molecule has 4 rings (SSSR count). The second-order valence-electron chi connectivity index (χ2n) is 7.14. The normalized spacial score (nSPS) is 13.1. The lowest BCUT2D eigenvalue weighted by Crippen LogP contribution is -2.24. The standard InChI is InChI=1S/C22H23ClN4O3S/c1-29-17-6-4-5-15(11-17)12-24-21(28)14-31-22-26-25-20(27(22)16-9-10-16)13-30-19-8-3-2-7-18(19)23/h2-8,11,16H,9-10,12-14H2,1H3,(H,24,28). The fourth-order valence-electron chi connectivity index (χ4n) is 3.07. The summed E-state index contributed by atoms with van der Waals surface area (Å²) >= 11 is 7.55. The van der Waals surface area contributed by atoms with E-state index in [0.717, 1.165) is 35.1 Å². The van der Waals surface area contributed by atoms with Crippen LogP contribution in [-0.4, -0.2) is 33.5 Å². The smallest absolute Gasteiger partial charge is 0.230 e. The number of para-hydroxylation sites is 1. The van der Waals surface area contributed by atoms with Gasteiger partial charge in [0.2, 0.25) is 5.91 Å². The van der Waals surface area contributed by atoms with E-state index in [0.29, 0.717) is 23.4 Å². The van der Waals surface area contributed by atoms with Crippen LogP contribution in [0.5, 0.6) is 11.5 Å². The van der Waals surface area contributed by atoms with E-state index in [1.807, 2.05) is 42.5 Å². The van der Waals surface area contributed by atoms with E-state index in [-0.39, 0.29) is 18.3 Å². The van der Waals surface area contributed by atoms with Crippen molar-refractivity contribution in [2.45, 2.75) is 37.2 Å². The number of hydrogen-bond donors (Lipinski definition) is 1. The van der Waals surface area contributed by atoms with Gasteiger partial charge in [-0.05, 0) is 42.7 Å². The van der Waals surface area contributed by atoms with Gasteiger partial charge in [0.25, 0.3) is 0 Å². The molecule has 31 heavy (non-hydrogen) atoms. The van der Waals surface area contributed by atoms with E-state index < -0.39 is 0 Å². The van der Waals surface area contributed by atoms with E-state index in [4.69, 9.17) is 21.1 Å². The fraction of sp³-hybridized carbons (Fsp3) is 0.318. The number of thioether (sulfide) groups is 1. The summed E-state index contributed by atoms with van der Waals surface area (Å²) < 4.78 is 13.1. The average Bonchev–Trinajstić information content (AvgIpc) is 3.55. The van der Waals surface area contributed by atoms with Crippen LogP contribution in [-0.2, 0) is 17.9 Å². The number of benzene rings is 2. The monoisotopic (exact) mass is 458 g/mol. The predicted molar refractivity (Wildman–Crippen MR) is 120 cm³/mol. The summed E-state index contributed by atoms with van der Waals surface area (Å²) in [7, 11) is 1.62. The maximum atomic E-state index is 12.3. The van der Waals surface area contributed by atoms with Crippen LogP contribution in [0.1, 0.15) is 30.3 Å². The first kappa shape index (κ1) is 21.5. The highest BCUT2D eigenvalue weighted by molar-refractivity contribution is 7.99. The lowest BCUT2D eigenvalue weighted by Gasteiger charge is -2.11. The van der Waals surface area contributed by atoms with Crippen LogP contribution in [0.2, 0.25) is 5.02 Å². The topological polar surface area (TPSA) is 78.3 Å². The highest BCUT2D eigenvalue weighted by Crippen LogP contribution is 2.39. The molecule has 1 aliphatic carbocycles. The molecule has 0 radical (unpaired) electrons. The number of aromatic nitrogens is 3. The van der Waals surface area contributed by atoms with Gasteiger partial charge in [-0.15, -0.1) is 10.2 Å². The van der Waals surface area contributed by atoms with Gasteiger partial charge < -0.3 is 14.8 Å². The lowest BCUT2D eigenvalue weighted by atomic mass is 10.2. The summed E-state index contributed by atoms with van der Waals surface area (Å²) in [5.74, 6) is 2.32. The molecule has 1 aliphatic rings. The Hall–Kier alpha value is -2.71. The number of amides is 1. The molecule has 0 atom stereocenters. The number of nitrogens with zero attached hydrogens (tertiary/aromatic N) is 3. The van der Waals surface area contributed by atoms with Gasteiger partial charge in [0.05, 0.1) is 17.9 Å². The first-order valence-corrected chi connectivity index (χ1v) is 11.3. The van der Waals surface area contributed by atoms with Crippen LogP contribution in [0.4, 0.5) is 0 Å². The summed E-state index contributed by atoms with van der Waals surface area (Å²) in [5.41, 5.74) is 0.984. The van der Waals surface area contributed by atoms with Crippen molar-refractivity contribution in [1.82, 2.24) is 20.1 Å². The molecule has 0 unspecified atom stereocenters. The van der Waals surface area contributed by atoms with Gasteiger partial charge >= 0.3 is 0 Å². The molecular formula is C22H23ClN4O3S. The molecule has 1 saturated carbocycles. The molecule has 3 aromatic rings. The molecule has 9 heteroatoms. The third-order valence-electron chi connectivity index (χ3n) is 4.80. The van der Waals surface area contributed by atoms with Crippen LogP contribution in [0.3, 0.4) is 0 Å². The van der Waals surface area contributed by atoms with E-state index in [1.165, 1.54) is 11.8 Å². The van der Waals surface area contributed by atoms with Gasteiger partial charge in [0.1, 0.15) is 18.1 Å². The number of ether oxygens (including phenoxy) is 2. The highest BCUT2D eigenvalue weighted by Gasteiger charge is 2.30. The quantitative estimate of drug-likeness (QED) is 0.457. The second kappa shape index (κ2) is 10.1. The highest BCUT2D eigenvalue weighted by atomic mass is 35.5. The van der Waals surface area contributed by atoms with Gasteiger partial charge in [-0.3, -0.25) is 9.36 Å². The zero-order chi connectivity index (χ0) is 21.6. The van der Waals surface area contributed by atoms with Crippen molar-refractivity contribution in [3.63, 3.8) is 0 Å². The number of carbonyl (C=O) groups is 1. The number of nitrogens with one attached hydrogen (secondary N) is 1. The molecule has 1 N–H and O–H groups in total. The Morgan fingerprint density at radius 1 is 1.23 bits per heavy atom. The Labute approximate surface area is 190 Å². The predicted octanol–water partition coefficient (Wildman–Crippen LogP) is 4.26. The Morgan fingerprint density at radius 2 is 2.06 bits per heavy atom. The molecule has 1 fully saturated rings. The Kier molecular flexibility index (Phi) is 6.99. The molecule has 0 aliphatic heterocycles. The first-order chi connectivity index (χ1) is 15.1. The third-order valence-corrected chi connectivity index (χ3v) is 6.05. The zero-order valence-corrected chi connectivity index (χ0v) is 18.7. The lowest BCUT2D eigenvalue weighted by molar-refractivity contribution is -0.118. The van der Waals surface area contributed by atoms with Crippen LogP contribution in [0.25, 0.3) is 0 Å². The first-order valence-electron chi connectivity index (χ1n) is 9.97. The zero-order valence-electron chi connectivity index (χ0n) is 17.1. The molecule has 1 aromatic heterocycles. The summed E-state index contributed by atoms with van der Waals surface area (Å²) in [5, 5.41) is 12.8. The summed E-state index contributed by atoms with van der Waals surface area (Å²) in [6, 6.07) is 15.3. The van der Waals surface area contributed by atoms with Crippen LogP contribution < -0.4 is 14.8 Å². The molecule has 162 valence electrons. The minimum atomic E-state index is -0.0629. The van der Waals surface area contributed by atoms with Gasteiger partial charge in [-0.25, -0.2) is 0 Å². The molecular weight excluding hydrogens is 436 g/mol. The van der Waals surface area contributed by atoms with Crippen LogP contribution >= 0.6 is 23.4 Å². The van der Waals surface area contributed by atoms with Crippen molar-refractivity contribution in [1.29, 1.82) is 0 Å². The van der Waals surface area contributed by atoms with E-state index in [1.54, 1.807) is 13.2 Å². The molecule has 1 heterocycles. The molecule has 1 amide bonds. The third kappa shape index (κ3) is 5.71. The average molecular weight is 459 g/mol. The Bertz CT molecular complexity index is 1050. The maximum absolute atomic E-state index is 12.3. The van der Waals surface area contributed by atoms with Crippen molar-refractivity contribution < 1.29 is 14.3 Å². The molecule has 2 aromatic carbocycles. The Morgan fingerprint density at radius 3 is 2.84 bits per heavy atom. The second-order valence-corrected chi connectivity index (χ2v) is 8.49. The summed E-state index contributed by atoms with van der Waals surface area (Å²) in [6.07, 6.45) is 2.15. The SMILES string of the molecule is COc1cccc(CNC(=O)CSc2nnc(COc3ccccc3Cl)n2C2CC2)c1. The molecule has 0 bridgehead atoms. The van der Waals surface area contributed by atoms with Gasteiger partial charge in [-0.1, -0.05) is 47.6 Å². The minimum Gasteiger partial charge on any atom is -0.497 e. The number of hydrogen-bond acceptors (Lipinski definition) is 6. The molecule has 0 saturated heterocycles. The van der Waals surface area contributed by atoms with E-state index in [9.17, 15) is 4.79 Å². The Balaban J connectivity index is 1.33. The summed E-state index contributed by atoms with van der Waals surface area (Å²) in [4.78, 5) is 12.3. The van der Waals surface area contributed by atoms with E-state index in [2.05, 4.69) is 20.1 Å². The van der Waals surface area contributed by atoms with Crippen molar-refractivity contribution in [3.8, 4) is 11.5 Å². The molecule has 7 nitrogen and oxygen atoms in total. The number of carbonyl (C=O) groups excluding carboxylic acids is 1. The van der Waals surface area contributed by atoms with Crippen molar-refractivity contribution in [2.75, 3.05) is 12.9 Å². The minimum absolute atomic E-state index is 0.0629. The van der Waals surface area contributed by atoms with Crippen LogP contribution in [0.15, 0.2) is 53.7 Å². The number of methoxy groups -OCH3 is 1. The fourth-order valence-corrected chi connectivity index (χ4v) is 4.12. The summed E-state index contributed by atoms with van der Waals surface area (Å²) in [6.45, 7) is 0.721. The maximum Gasteiger partial charge on any atom is 0.230 e. The van der Waals surface area contributed by atoms with Crippen molar-refractivity contribution >= 4 is 29.3 Å². The largest absolute Gasteiger partial charge is 0.497 e. The van der Waals surface area contributed by atoms with Gasteiger partial charge in [-0.2, -0.15) is 0 Å². The van der Waals surface area contributed by atoms with Crippen molar-refractivity contribution in [3.05, 3.63) is 64.9 Å².